The van der Waals surface area contributed by atoms with Gasteiger partial charge in [0, 0.05) is 63.9 Å². The summed E-state index contributed by atoms with van der Waals surface area (Å²) in [6.45, 7) is 3.49. The van der Waals surface area contributed by atoms with E-state index in [9.17, 15) is 13.2 Å². The zero-order chi connectivity index (χ0) is 29.5. The number of carbonyl (C=O) groups is 1. The Morgan fingerprint density at radius 3 is 2.19 bits per heavy atom. The van der Waals surface area contributed by atoms with Gasteiger partial charge in [-0.25, -0.2) is 18.2 Å². The van der Waals surface area contributed by atoms with Crippen LogP contribution in [0.4, 0.5) is 10.8 Å². The summed E-state index contributed by atoms with van der Waals surface area (Å²) in [5, 5.41) is 18.7. The lowest BCUT2D eigenvalue weighted by atomic mass is 10.2. The average Bonchev–Trinajstić information content (AvgIpc) is 3.45. The third kappa shape index (κ3) is 6.52. The zero-order valence-corrected chi connectivity index (χ0v) is 24.4. The second kappa shape index (κ2) is 13.0. The van der Waals surface area contributed by atoms with Crippen LogP contribution in [0.5, 0.6) is 5.75 Å². The van der Waals surface area contributed by atoms with Crippen molar-refractivity contribution >= 4 is 48.4 Å². The molecule has 1 saturated heterocycles. The number of ether oxygens (including phenoxy) is 1. The summed E-state index contributed by atoms with van der Waals surface area (Å²) in [7, 11) is -3.93. The quantitative estimate of drug-likeness (QED) is 0.188. The third-order valence-electron chi connectivity index (χ3n) is 6.90. The van der Waals surface area contributed by atoms with Crippen LogP contribution < -0.4 is 14.5 Å². The highest BCUT2D eigenvalue weighted by Gasteiger charge is 2.25. The molecule has 1 aliphatic rings. The second-order valence-corrected chi connectivity index (χ2v) is 12.5. The largest absolute Gasteiger partial charge is 0.423 e. The molecule has 1 aliphatic heterocycles. The molecule has 0 aliphatic carbocycles. The van der Waals surface area contributed by atoms with Gasteiger partial charge in [0.25, 0.3) is 0 Å². The van der Waals surface area contributed by atoms with E-state index in [4.69, 9.17) is 20.2 Å². The van der Waals surface area contributed by atoms with Gasteiger partial charge in [0.1, 0.15) is 5.75 Å². The number of benzene rings is 3. The monoisotopic (exact) mass is 600 g/mol. The Bertz CT molecular complexity index is 1720. The maximum atomic E-state index is 13.0. The number of carbonyl (C=O) groups excluding carboxylic acids is 1. The van der Waals surface area contributed by atoms with E-state index in [-0.39, 0.29) is 36.4 Å². The number of hydrogen-bond acceptors (Lipinski definition) is 10. The summed E-state index contributed by atoms with van der Waals surface area (Å²) in [6.07, 6.45) is 0.0110. The second-order valence-electron chi connectivity index (χ2n) is 9.57. The molecule has 3 aromatic carbocycles. The summed E-state index contributed by atoms with van der Waals surface area (Å²) in [5.74, 6) is -0.252. The predicted molar refractivity (Wildman–Crippen MR) is 161 cm³/mol. The van der Waals surface area contributed by atoms with Gasteiger partial charge in [-0.3, -0.25) is 0 Å². The fourth-order valence-corrected chi connectivity index (χ4v) is 7.15. The maximum absolute atomic E-state index is 13.0. The van der Waals surface area contributed by atoms with Crippen molar-refractivity contribution in [3.05, 3.63) is 78.4 Å². The average molecular weight is 601 g/mol. The fourth-order valence-electron chi connectivity index (χ4n) is 4.67. The van der Waals surface area contributed by atoms with Gasteiger partial charge in [0.05, 0.1) is 32.8 Å². The Labute approximate surface area is 248 Å². The number of fused-ring (bicyclic) bond motifs is 1. The maximum Gasteiger partial charge on any atom is 0.343 e. The molecule has 0 bridgehead atoms. The van der Waals surface area contributed by atoms with Crippen LogP contribution in [0, 0.1) is 22.7 Å². The lowest BCUT2D eigenvalue weighted by Crippen LogP contribution is -2.46. The third-order valence-corrected chi connectivity index (χ3v) is 9.90. The van der Waals surface area contributed by atoms with Gasteiger partial charge in [-0.2, -0.15) is 14.8 Å². The molecule has 12 heteroatoms. The number of nitrogens with zero attached hydrogens (tertiary/aromatic N) is 6. The first-order chi connectivity index (χ1) is 20.4. The first-order valence-electron chi connectivity index (χ1n) is 13.4. The fraction of sp³-hybridized carbons (Fsp3) is 0.267. The summed E-state index contributed by atoms with van der Waals surface area (Å²) in [5.41, 5.74) is 2.24. The number of thiazole rings is 1. The van der Waals surface area contributed by atoms with Gasteiger partial charge in [-0.1, -0.05) is 29.5 Å². The molecule has 5 rings (SSSR count). The Morgan fingerprint density at radius 1 is 0.905 bits per heavy atom. The molecule has 0 spiro atoms. The van der Waals surface area contributed by atoms with Crippen LogP contribution in [0.25, 0.3) is 10.2 Å². The normalized spacial score (nSPS) is 13.6. The first-order valence-corrected chi connectivity index (χ1v) is 15.7. The molecule has 1 fully saturated rings. The summed E-state index contributed by atoms with van der Waals surface area (Å²) < 4.78 is 33.6. The lowest BCUT2D eigenvalue weighted by molar-refractivity contribution is 0.0735. The first kappa shape index (κ1) is 29.0. The molecule has 0 unspecified atom stereocenters. The minimum absolute atomic E-state index is 0.00552. The number of nitriles is 2. The molecule has 42 heavy (non-hydrogen) atoms. The highest BCUT2D eigenvalue weighted by atomic mass is 32.2. The van der Waals surface area contributed by atoms with Gasteiger partial charge >= 0.3 is 5.97 Å². The van der Waals surface area contributed by atoms with Gasteiger partial charge in [-0.15, -0.1) is 0 Å². The zero-order valence-electron chi connectivity index (χ0n) is 22.7. The Balaban J connectivity index is 1.23. The number of esters is 1. The minimum atomic E-state index is -3.93. The van der Waals surface area contributed by atoms with Crippen LogP contribution in [0.2, 0.25) is 0 Å². The highest BCUT2D eigenvalue weighted by molar-refractivity contribution is 7.89. The van der Waals surface area contributed by atoms with Gasteiger partial charge in [-0.05, 0) is 48.5 Å². The van der Waals surface area contributed by atoms with E-state index in [0.29, 0.717) is 5.75 Å². The summed E-state index contributed by atoms with van der Waals surface area (Å²) >= 11 is 1.55. The Kier molecular flexibility index (Phi) is 8.98. The molecule has 0 saturated carbocycles. The number of rotatable bonds is 10. The van der Waals surface area contributed by atoms with E-state index in [0.717, 1.165) is 45.8 Å². The number of aromatic nitrogens is 1. The number of para-hydroxylation sites is 1. The van der Waals surface area contributed by atoms with Crippen molar-refractivity contribution in [3.63, 3.8) is 0 Å². The number of anilines is 2. The Hall–Kier alpha value is -4.49. The van der Waals surface area contributed by atoms with Crippen LogP contribution in [-0.4, -0.2) is 62.9 Å². The number of piperazine rings is 1. The van der Waals surface area contributed by atoms with Crippen molar-refractivity contribution in [1.29, 1.82) is 10.5 Å². The van der Waals surface area contributed by atoms with E-state index in [1.54, 1.807) is 23.5 Å². The molecule has 0 atom stereocenters. The van der Waals surface area contributed by atoms with E-state index in [1.807, 2.05) is 36.4 Å². The van der Waals surface area contributed by atoms with Crippen LogP contribution in [0.3, 0.4) is 0 Å². The SMILES string of the molecule is N#CCCN(CCC#N)S(=O)(=O)c1ccc(C(=O)Oc2ccc3nc(N4CCN(c5ccccc5)CC4)sc3c2)cc1. The molecule has 214 valence electrons. The number of sulfonamides is 1. The van der Waals surface area contributed by atoms with E-state index in [1.165, 1.54) is 30.0 Å². The van der Waals surface area contributed by atoms with Crippen molar-refractivity contribution in [2.45, 2.75) is 17.7 Å². The molecule has 2 heterocycles. The van der Waals surface area contributed by atoms with Crippen molar-refractivity contribution < 1.29 is 17.9 Å². The molecule has 0 radical (unpaired) electrons. The molecule has 1 aromatic heterocycles. The number of hydrogen-bond donors (Lipinski definition) is 0. The smallest absolute Gasteiger partial charge is 0.343 e. The highest BCUT2D eigenvalue weighted by Crippen LogP contribution is 2.32. The van der Waals surface area contributed by atoms with Crippen molar-refractivity contribution in [1.82, 2.24) is 9.29 Å². The van der Waals surface area contributed by atoms with Gasteiger partial charge in [0.15, 0.2) is 5.13 Å². The van der Waals surface area contributed by atoms with Crippen molar-refractivity contribution in [3.8, 4) is 17.9 Å². The molecule has 4 aromatic rings. The topological polar surface area (TPSA) is 131 Å². The summed E-state index contributed by atoms with van der Waals surface area (Å²) in [6, 6.07) is 24.9. The Morgan fingerprint density at radius 2 is 1.55 bits per heavy atom. The molecule has 10 nitrogen and oxygen atoms in total. The lowest BCUT2D eigenvalue weighted by Gasteiger charge is -2.35. The molecule has 0 amide bonds. The van der Waals surface area contributed by atoms with Crippen molar-refractivity contribution in [2.24, 2.45) is 0 Å². The van der Waals surface area contributed by atoms with E-state index in [2.05, 4.69) is 21.9 Å². The van der Waals surface area contributed by atoms with Crippen molar-refractivity contribution in [2.75, 3.05) is 49.1 Å². The van der Waals surface area contributed by atoms with Gasteiger partial charge in [0.2, 0.25) is 10.0 Å². The van der Waals surface area contributed by atoms with Crippen LogP contribution in [0.1, 0.15) is 23.2 Å². The summed E-state index contributed by atoms with van der Waals surface area (Å²) in [4.78, 5) is 22.2. The molecule has 0 N–H and O–H groups in total. The molecular weight excluding hydrogens is 573 g/mol. The van der Waals surface area contributed by atoms with Crippen LogP contribution >= 0.6 is 11.3 Å². The minimum Gasteiger partial charge on any atom is -0.423 e. The predicted octanol–water partition coefficient (Wildman–Crippen LogP) is 4.66. The van der Waals surface area contributed by atoms with Gasteiger partial charge < -0.3 is 14.5 Å². The standard InChI is InChI=1S/C30H28N6O4S2/c31-14-4-16-36(17-5-15-32)42(38,39)26-11-8-23(9-12-26)29(37)40-25-10-13-27-28(22-25)41-30(33-27)35-20-18-34(19-21-35)24-6-2-1-3-7-24/h1-3,6-13,22H,4-5,16-21H2. The van der Waals surface area contributed by atoms with Crippen LogP contribution in [-0.2, 0) is 10.0 Å². The van der Waals surface area contributed by atoms with E-state index < -0.39 is 16.0 Å². The van der Waals surface area contributed by atoms with Crippen LogP contribution in [0.15, 0.2) is 77.7 Å². The van der Waals surface area contributed by atoms with E-state index >= 15 is 0 Å². The molecular formula is C30H28N6O4S2.